The summed E-state index contributed by atoms with van der Waals surface area (Å²) in [5.74, 6) is -0.767. The van der Waals surface area contributed by atoms with Gasteiger partial charge >= 0.3 is 5.97 Å². The van der Waals surface area contributed by atoms with E-state index in [-0.39, 0.29) is 30.7 Å². The summed E-state index contributed by atoms with van der Waals surface area (Å²) in [5, 5.41) is 8.86. The lowest BCUT2D eigenvalue weighted by atomic mass is 9.94. The van der Waals surface area contributed by atoms with Crippen molar-refractivity contribution in [3.05, 3.63) is 0 Å². The van der Waals surface area contributed by atoms with E-state index in [1.54, 1.807) is 0 Å². The van der Waals surface area contributed by atoms with E-state index >= 15 is 0 Å². The quantitative estimate of drug-likeness (QED) is 0.668. The Labute approximate surface area is 120 Å². The average molecular weight is 307 g/mol. The second-order valence-electron chi connectivity index (χ2n) is 5.86. The number of sulfonamides is 1. The largest absolute Gasteiger partial charge is 0.481 e. The minimum absolute atomic E-state index is 0.0133. The molecule has 0 aromatic rings. The maximum absolute atomic E-state index is 11.9. The molecule has 0 aliphatic carbocycles. The van der Waals surface area contributed by atoms with Crippen LogP contribution in [0.2, 0.25) is 0 Å². The topological polar surface area (TPSA) is 92.7 Å². The normalized spacial score (nSPS) is 21.2. The van der Waals surface area contributed by atoms with Crippen molar-refractivity contribution in [2.45, 2.75) is 45.6 Å². The predicted molar refractivity (Wildman–Crippen MR) is 76.0 cm³/mol. The van der Waals surface area contributed by atoms with Crippen LogP contribution in [0, 0.1) is 11.8 Å². The molecule has 1 fully saturated rings. The zero-order valence-electron chi connectivity index (χ0n) is 12.2. The summed E-state index contributed by atoms with van der Waals surface area (Å²) in [5.41, 5.74) is 0. The summed E-state index contributed by atoms with van der Waals surface area (Å²) >= 11 is 0. The fourth-order valence-corrected chi connectivity index (χ4v) is 3.84. The van der Waals surface area contributed by atoms with E-state index in [0.717, 1.165) is 12.8 Å². The number of hydrogen-bond acceptors (Lipinski definition) is 4. The number of ether oxygens (including phenoxy) is 1. The van der Waals surface area contributed by atoms with E-state index in [1.165, 1.54) is 0 Å². The molecule has 0 aromatic carbocycles. The molecular weight excluding hydrogens is 282 g/mol. The van der Waals surface area contributed by atoms with Crippen molar-refractivity contribution in [1.29, 1.82) is 0 Å². The van der Waals surface area contributed by atoms with Gasteiger partial charge in [-0.2, -0.15) is 0 Å². The van der Waals surface area contributed by atoms with Gasteiger partial charge in [0.15, 0.2) is 0 Å². The zero-order chi connectivity index (χ0) is 15.2. The maximum atomic E-state index is 11.9. The molecule has 1 rings (SSSR count). The van der Waals surface area contributed by atoms with Gasteiger partial charge in [0, 0.05) is 19.6 Å². The second-order valence-corrected chi connectivity index (χ2v) is 7.71. The minimum Gasteiger partial charge on any atom is -0.481 e. The van der Waals surface area contributed by atoms with Crippen molar-refractivity contribution < 1.29 is 23.1 Å². The Morgan fingerprint density at radius 1 is 1.45 bits per heavy atom. The molecule has 0 spiro atoms. The number of carbonyl (C=O) groups is 1. The van der Waals surface area contributed by atoms with Gasteiger partial charge < -0.3 is 9.84 Å². The molecule has 20 heavy (non-hydrogen) atoms. The SMILES string of the molecule is CC(C)C[C@H](CNS(=O)(=O)CC1CCCO1)CC(=O)O. The molecule has 0 bridgehead atoms. The van der Waals surface area contributed by atoms with Gasteiger partial charge in [-0.15, -0.1) is 0 Å². The number of hydrogen-bond donors (Lipinski definition) is 2. The number of nitrogens with one attached hydrogen (secondary N) is 1. The van der Waals surface area contributed by atoms with Crippen molar-refractivity contribution in [2.24, 2.45) is 11.8 Å². The van der Waals surface area contributed by atoms with Gasteiger partial charge in [-0.05, 0) is 31.1 Å². The predicted octanol–water partition coefficient (Wildman–Crippen LogP) is 1.22. The van der Waals surface area contributed by atoms with E-state index in [1.807, 2.05) is 13.8 Å². The van der Waals surface area contributed by atoms with Crippen molar-refractivity contribution in [2.75, 3.05) is 18.9 Å². The van der Waals surface area contributed by atoms with Gasteiger partial charge in [0.1, 0.15) is 0 Å². The molecule has 0 aromatic heterocycles. The smallest absolute Gasteiger partial charge is 0.303 e. The second kappa shape index (κ2) is 7.95. The summed E-state index contributed by atoms with van der Waals surface area (Å²) in [6, 6.07) is 0. The molecule has 1 heterocycles. The first kappa shape index (κ1) is 17.4. The third-order valence-electron chi connectivity index (χ3n) is 3.29. The molecule has 1 saturated heterocycles. The average Bonchev–Trinajstić information content (AvgIpc) is 2.76. The van der Waals surface area contributed by atoms with Crippen LogP contribution >= 0.6 is 0 Å². The van der Waals surface area contributed by atoms with Crippen LogP contribution in [0.25, 0.3) is 0 Å². The Morgan fingerprint density at radius 2 is 2.15 bits per heavy atom. The standard InChI is InChI=1S/C13H25NO5S/c1-10(2)6-11(7-13(15)16)8-14-20(17,18)9-12-4-3-5-19-12/h10-12,14H,3-9H2,1-2H3,(H,15,16)/t11-,12?/m0/s1. The van der Waals surface area contributed by atoms with Gasteiger partial charge in [0.05, 0.1) is 11.9 Å². The molecule has 6 nitrogen and oxygen atoms in total. The van der Waals surface area contributed by atoms with Crippen LogP contribution in [0.5, 0.6) is 0 Å². The fourth-order valence-electron chi connectivity index (χ4n) is 2.48. The molecule has 1 aliphatic rings. The van der Waals surface area contributed by atoms with Crippen LogP contribution in [0.15, 0.2) is 0 Å². The Morgan fingerprint density at radius 3 is 2.65 bits per heavy atom. The van der Waals surface area contributed by atoms with E-state index < -0.39 is 16.0 Å². The molecule has 2 N–H and O–H groups in total. The third kappa shape index (κ3) is 7.21. The monoisotopic (exact) mass is 307 g/mol. The molecule has 0 amide bonds. The van der Waals surface area contributed by atoms with Gasteiger partial charge in [0.2, 0.25) is 10.0 Å². The van der Waals surface area contributed by atoms with Crippen LogP contribution in [0.1, 0.15) is 39.5 Å². The summed E-state index contributed by atoms with van der Waals surface area (Å²) < 4.78 is 31.7. The van der Waals surface area contributed by atoms with Crippen molar-refractivity contribution >= 4 is 16.0 Å². The van der Waals surface area contributed by atoms with Gasteiger partial charge in [0.25, 0.3) is 0 Å². The highest BCUT2D eigenvalue weighted by atomic mass is 32.2. The van der Waals surface area contributed by atoms with Crippen molar-refractivity contribution in [3.63, 3.8) is 0 Å². The molecule has 118 valence electrons. The lowest BCUT2D eigenvalue weighted by Gasteiger charge is -2.18. The molecular formula is C13H25NO5S. The molecule has 1 aliphatic heterocycles. The molecule has 2 atom stereocenters. The summed E-state index contributed by atoms with van der Waals surface area (Å²) in [6.07, 6.45) is 2.12. The molecule has 0 radical (unpaired) electrons. The number of carboxylic acids is 1. The highest BCUT2D eigenvalue weighted by Crippen LogP contribution is 2.16. The maximum Gasteiger partial charge on any atom is 0.303 e. The zero-order valence-corrected chi connectivity index (χ0v) is 13.0. The fraction of sp³-hybridized carbons (Fsp3) is 0.923. The summed E-state index contributed by atoms with van der Waals surface area (Å²) in [7, 11) is -3.40. The van der Waals surface area contributed by atoms with Crippen LogP contribution < -0.4 is 4.72 Å². The lowest BCUT2D eigenvalue weighted by molar-refractivity contribution is -0.138. The minimum atomic E-state index is -3.40. The number of aliphatic carboxylic acids is 1. The first-order chi connectivity index (χ1) is 9.28. The number of carboxylic acid groups (broad SMARTS) is 1. The van der Waals surface area contributed by atoms with E-state index in [9.17, 15) is 13.2 Å². The molecule has 7 heteroatoms. The van der Waals surface area contributed by atoms with E-state index in [2.05, 4.69) is 4.72 Å². The summed E-state index contributed by atoms with van der Waals surface area (Å²) in [4.78, 5) is 10.8. The first-order valence-corrected chi connectivity index (χ1v) is 8.74. The van der Waals surface area contributed by atoms with E-state index in [4.69, 9.17) is 9.84 Å². The lowest BCUT2D eigenvalue weighted by Crippen LogP contribution is -2.36. The highest BCUT2D eigenvalue weighted by molar-refractivity contribution is 7.89. The van der Waals surface area contributed by atoms with Crippen LogP contribution in [-0.4, -0.2) is 44.5 Å². The Hall–Kier alpha value is -0.660. The van der Waals surface area contributed by atoms with Crippen LogP contribution in [0.3, 0.4) is 0 Å². The molecule has 0 saturated carbocycles. The van der Waals surface area contributed by atoms with Crippen LogP contribution in [0.4, 0.5) is 0 Å². The van der Waals surface area contributed by atoms with E-state index in [0.29, 0.717) is 18.9 Å². The van der Waals surface area contributed by atoms with Crippen molar-refractivity contribution in [3.8, 4) is 0 Å². The van der Waals surface area contributed by atoms with Gasteiger partial charge in [-0.1, -0.05) is 13.8 Å². The highest BCUT2D eigenvalue weighted by Gasteiger charge is 2.24. The Balaban J connectivity index is 2.45. The first-order valence-electron chi connectivity index (χ1n) is 7.09. The van der Waals surface area contributed by atoms with Gasteiger partial charge in [-0.25, -0.2) is 13.1 Å². The molecule has 1 unspecified atom stereocenters. The third-order valence-corrected chi connectivity index (χ3v) is 4.71. The Kier molecular flexibility index (Phi) is 6.91. The number of rotatable bonds is 9. The van der Waals surface area contributed by atoms with Crippen LogP contribution in [-0.2, 0) is 19.6 Å². The van der Waals surface area contributed by atoms with Gasteiger partial charge in [-0.3, -0.25) is 4.79 Å². The Bertz CT molecular complexity index is 401. The summed E-state index contributed by atoms with van der Waals surface area (Å²) in [6.45, 7) is 4.79. The van der Waals surface area contributed by atoms with Crippen molar-refractivity contribution in [1.82, 2.24) is 4.72 Å².